The molecule has 0 bridgehead atoms. The van der Waals surface area contributed by atoms with E-state index < -0.39 is 17.8 Å². The third kappa shape index (κ3) is 3.82. The first-order chi connectivity index (χ1) is 9.90. The lowest BCUT2D eigenvalue weighted by atomic mass is 10.1. The first kappa shape index (κ1) is 15.0. The van der Waals surface area contributed by atoms with Crippen LogP contribution in [0.15, 0.2) is 30.3 Å². The van der Waals surface area contributed by atoms with Crippen molar-refractivity contribution in [1.29, 1.82) is 0 Å². The van der Waals surface area contributed by atoms with Gasteiger partial charge in [-0.25, -0.2) is 4.98 Å². The number of anilines is 1. The van der Waals surface area contributed by atoms with Crippen molar-refractivity contribution in [1.82, 2.24) is 9.97 Å². The second-order valence-corrected chi connectivity index (χ2v) is 4.13. The van der Waals surface area contributed by atoms with E-state index in [0.29, 0.717) is 23.8 Å². The lowest BCUT2D eigenvalue weighted by Crippen LogP contribution is -2.11. The van der Waals surface area contributed by atoms with E-state index in [1.807, 2.05) is 0 Å². The number of halogens is 3. The van der Waals surface area contributed by atoms with Gasteiger partial charge in [-0.1, -0.05) is 18.2 Å². The van der Waals surface area contributed by atoms with Gasteiger partial charge in [-0.15, -0.1) is 0 Å². The molecule has 112 valence electrons. The van der Waals surface area contributed by atoms with E-state index in [1.165, 1.54) is 0 Å². The molecule has 1 aromatic carbocycles. The van der Waals surface area contributed by atoms with Crippen molar-refractivity contribution in [3.8, 4) is 11.6 Å². The molecule has 2 rings (SSSR count). The quantitative estimate of drug-likeness (QED) is 0.906. The molecule has 0 aliphatic heterocycles. The number of nitrogens with zero attached hydrogens (tertiary/aromatic N) is 2. The first-order valence-corrected chi connectivity index (χ1v) is 5.98. The van der Waals surface area contributed by atoms with Crippen LogP contribution in [-0.2, 0) is 12.6 Å². The van der Waals surface area contributed by atoms with E-state index in [9.17, 15) is 13.2 Å². The third-order valence-electron chi connectivity index (χ3n) is 2.58. The third-order valence-corrected chi connectivity index (χ3v) is 2.58. The van der Waals surface area contributed by atoms with Gasteiger partial charge in [0, 0.05) is 12.7 Å². The minimum Gasteiger partial charge on any atom is -0.439 e. The molecule has 0 saturated heterocycles. The Kier molecular flexibility index (Phi) is 4.27. The predicted molar refractivity (Wildman–Crippen MR) is 68.8 cm³/mol. The number of rotatable bonds is 4. The predicted octanol–water partition coefficient (Wildman–Crippen LogP) is 2.40. The van der Waals surface area contributed by atoms with Crippen molar-refractivity contribution >= 4 is 5.95 Å². The van der Waals surface area contributed by atoms with E-state index in [0.717, 1.165) is 0 Å². The van der Waals surface area contributed by atoms with Gasteiger partial charge in [0.2, 0.25) is 11.8 Å². The van der Waals surface area contributed by atoms with Crippen LogP contribution in [0.5, 0.6) is 11.6 Å². The SMILES string of the molecule is Nc1nc(Oc2ccccc2CCO)cc(C(F)(F)F)n1. The lowest BCUT2D eigenvalue weighted by molar-refractivity contribution is -0.141. The summed E-state index contributed by atoms with van der Waals surface area (Å²) in [6, 6.07) is 7.32. The zero-order valence-electron chi connectivity index (χ0n) is 10.8. The van der Waals surface area contributed by atoms with Crippen LogP contribution in [0.25, 0.3) is 0 Å². The van der Waals surface area contributed by atoms with Crippen molar-refractivity contribution in [2.45, 2.75) is 12.6 Å². The summed E-state index contributed by atoms with van der Waals surface area (Å²) in [6.07, 6.45) is -4.33. The zero-order valence-corrected chi connectivity index (χ0v) is 10.8. The number of aliphatic hydroxyl groups excluding tert-OH is 1. The molecule has 8 heteroatoms. The summed E-state index contributed by atoms with van der Waals surface area (Å²) in [4.78, 5) is 6.75. The molecule has 0 fully saturated rings. The molecule has 5 nitrogen and oxygen atoms in total. The molecule has 1 heterocycles. The second-order valence-electron chi connectivity index (χ2n) is 4.13. The molecule has 0 radical (unpaired) electrons. The van der Waals surface area contributed by atoms with E-state index in [1.54, 1.807) is 24.3 Å². The van der Waals surface area contributed by atoms with Gasteiger partial charge in [-0.2, -0.15) is 18.2 Å². The smallest absolute Gasteiger partial charge is 0.433 e. The molecule has 0 unspecified atom stereocenters. The molecular formula is C13H12F3N3O2. The Morgan fingerprint density at radius 2 is 1.90 bits per heavy atom. The van der Waals surface area contributed by atoms with E-state index in [-0.39, 0.29) is 12.5 Å². The number of hydrogen-bond acceptors (Lipinski definition) is 5. The fraction of sp³-hybridized carbons (Fsp3) is 0.231. The second kappa shape index (κ2) is 5.96. The molecule has 0 atom stereocenters. The van der Waals surface area contributed by atoms with Crippen molar-refractivity contribution in [3.05, 3.63) is 41.6 Å². The van der Waals surface area contributed by atoms with Crippen molar-refractivity contribution < 1.29 is 23.0 Å². The largest absolute Gasteiger partial charge is 0.439 e. The number of alkyl halides is 3. The van der Waals surface area contributed by atoms with Gasteiger partial charge < -0.3 is 15.6 Å². The van der Waals surface area contributed by atoms with Gasteiger partial charge in [0.25, 0.3) is 0 Å². The Bertz CT molecular complexity index is 632. The summed E-state index contributed by atoms with van der Waals surface area (Å²) in [7, 11) is 0. The Balaban J connectivity index is 2.34. The van der Waals surface area contributed by atoms with Crippen LogP contribution in [0.4, 0.5) is 19.1 Å². The van der Waals surface area contributed by atoms with Crippen LogP contribution in [0.3, 0.4) is 0 Å². The van der Waals surface area contributed by atoms with Gasteiger partial charge in [0.1, 0.15) is 5.75 Å². The highest BCUT2D eigenvalue weighted by Gasteiger charge is 2.33. The highest BCUT2D eigenvalue weighted by atomic mass is 19.4. The summed E-state index contributed by atoms with van der Waals surface area (Å²) >= 11 is 0. The fourth-order valence-electron chi connectivity index (χ4n) is 1.68. The summed E-state index contributed by atoms with van der Waals surface area (Å²) in [5.74, 6) is -0.530. The summed E-state index contributed by atoms with van der Waals surface area (Å²) in [5.41, 5.74) is 4.73. The topological polar surface area (TPSA) is 81.3 Å². The minimum absolute atomic E-state index is 0.111. The lowest BCUT2D eigenvalue weighted by Gasteiger charge is -2.12. The number of ether oxygens (including phenoxy) is 1. The maximum atomic E-state index is 12.7. The van der Waals surface area contributed by atoms with Gasteiger partial charge in [0.05, 0.1) is 0 Å². The molecule has 3 N–H and O–H groups in total. The maximum Gasteiger partial charge on any atom is 0.433 e. The molecule has 0 saturated carbocycles. The maximum absolute atomic E-state index is 12.7. The van der Waals surface area contributed by atoms with Crippen molar-refractivity contribution in [2.24, 2.45) is 0 Å². The molecule has 0 amide bonds. The normalized spacial score (nSPS) is 11.4. The molecule has 2 aromatic rings. The molecular weight excluding hydrogens is 287 g/mol. The fourth-order valence-corrected chi connectivity index (χ4v) is 1.68. The minimum atomic E-state index is -4.64. The summed E-state index contributed by atoms with van der Waals surface area (Å²) in [6.45, 7) is -0.111. The number of para-hydroxylation sites is 1. The van der Waals surface area contributed by atoms with Crippen LogP contribution in [0.2, 0.25) is 0 Å². The van der Waals surface area contributed by atoms with E-state index in [2.05, 4.69) is 9.97 Å². The number of nitrogen functional groups attached to an aromatic ring is 1. The average Bonchev–Trinajstić information content (AvgIpc) is 2.40. The number of aromatic nitrogens is 2. The monoisotopic (exact) mass is 299 g/mol. The number of hydrogen-bond donors (Lipinski definition) is 2. The van der Waals surface area contributed by atoms with E-state index >= 15 is 0 Å². The number of benzene rings is 1. The molecule has 0 aliphatic carbocycles. The van der Waals surface area contributed by atoms with Crippen LogP contribution in [0, 0.1) is 0 Å². The van der Waals surface area contributed by atoms with Gasteiger partial charge in [-0.3, -0.25) is 0 Å². The van der Waals surface area contributed by atoms with E-state index in [4.69, 9.17) is 15.6 Å². The average molecular weight is 299 g/mol. The zero-order chi connectivity index (χ0) is 15.5. The number of nitrogens with two attached hydrogens (primary N) is 1. The molecule has 1 aromatic heterocycles. The summed E-state index contributed by atoms with van der Waals surface area (Å²) < 4.78 is 43.3. The standard InChI is InChI=1S/C13H12F3N3O2/c14-13(15,16)10-7-11(19-12(17)18-10)21-9-4-2-1-3-8(9)5-6-20/h1-4,7,20H,5-6H2,(H2,17,18,19). The van der Waals surface area contributed by atoms with Crippen molar-refractivity contribution in [2.75, 3.05) is 12.3 Å². The Hall–Kier alpha value is -2.35. The molecule has 0 aliphatic rings. The summed E-state index contributed by atoms with van der Waals surface area (Å²) in [5, 5.41) is 8.96. The Morgan fingerprint density at radius 1 is 1.19 bits per heavy atom. The van der Waals surface area contributed by atoms with Gasteiger partial charge in [0.15, 0.2) is 5.69 Å². The Labute approximate surface area is 118 Å². The van der Waals surface area contributed by atoms with Crippen LogP contribution < -0.4 is 10.5 Å². The van der Waals surface area contributed by atoms with Gasteiger partial charge >= 0.3 is 6.18 Å². The highest BCUT2D eigenvalue weighted by molar-refractivity contribution is 5.37. The number of aliphatic hydroxyl groups is 1. The first-order valence-electron chi connectivity index (χ1n) is 5.98. The molecule has 0 spiro atoms. The van der Waals surface area contributed by atoms with Crippen molar-refractivity contribution in [3.63, 3.8) is 0 Å². The van der Waals surface area contributed by atoms with Gasteiger partial charge in [-0.05, 0) is 18.1 Å². The Morgan fingerprint density at radius 3 is 2.57 bits per heavy atom. The highest BCUT2D eigenvalue weighted by Crippen LogP contribution is 2.31. The molecule has 21 heavy (non-hydrogen) atoms. The van der Waals surface area contributed by atoms with Crippen LogP contribution in [-0.4, -0.2) is 21.7 Å². The van der Waals surface area contributed by atoms with Crippen LogP contribution >= 0.6 is 0 Å². The van der Waals surface area contributed by atoms with Crippen LogP contribution in [0.1, 0.15) is 11.3 Å².